The van der Waals surface area contributed by atoms with Crippen molar-refractivity contribution >= 4 is 34.6 Å². The fraction of sp³-hybridized carbons (Fsp3) is 0.0385. The first kappa shape index (κ1) is 21.9. The standard InChI is InChI=1S/C26H18FN3O2S/c27-21-12-10-18(11-13-21)23-17-33-26(30-23)20(15-28)14-19-6-4-5-9-24(19)32-16-25(31)29-22-7-2-1-3-8-22/h1-14,17H,16H2,(H,29,31)/b20-14+. The van der Waals surface area contributed by atoms with Crippen LogP contribution in [-0.2, 0) is 4.79 Å². The molecule has 3 aromatic carbocycles. The molecule has 5 nitrogen and oxygen atoms in total. The van der Waals surface area contributed by atoms with E-state index in [1.807, 2.05) is 29.6 Å². The number of hydrogen-bond acceptors (Lipinski definition) is 5. The average Bonchev–Trinajstić information content (AvgIpc) is 3.33. The minimum Gasteiger partial charge on any atom is -0.483 e. The van der Waals surface area contributed by atoms with E-state index in [9.17, 15) is 14.4 Å². The summed E-state index contributed by atoms with van der Waals surface area (Å²) < 4.78 is 18.9. The fourth-order valence-electron chi connectivity index (χ4n) is 3.04. The lowest BCUT2D eigenvalue weighted by atomic mass is 10.1. The molecule has 33 heavy (non-hydrogen) atoms. The van der Waals surface area contributed by atoms with E-state index >= 15 is 0 Å². The van der Waals surface area contributed by atoms with E-state index in [2.05, 4.69) is 16.4 Å². The Bertz CT molecular complexity index is 1330. The molecule has 0 fully saturated rings. The van der Waals surface area contributed by atoms with E-state index in [0.717, 1.165) is 5.56 Å². The van der Waals surface area contributed by atoms with Gasteiger partial charge in [0.15, 0.2) is 6.61 Å². The molecule has 0 unspecified atom stereocenters. The molecule has 0 spiro atoms. The summed E-state index contributed by atoms with van der Waals surface area (Å²) >= 11 is 1.33. The molecule has 162 valence electrons. The number of aromatic nitrogens is 1. The van der Waals surface area contributed by atoms with Crippen LogP contribution in [0.5, 0.6) is 5.75 Å². The van der Waals surface area contributed by atoms with Crippen LogP contribution in [0, 0.1) is 17.1 Å². The Morgan fingerprint density at radius 1 is 1.06 bits per heavy atom. The Balaban J connectivity index is 1.50. The summed E-state index contributed by atoms with van der Waals surface area (Å²) in [4.78, 5) is 16.7. The summed E-state index contributed by atoms with van der Waals surface area (Å²) in [6.45, 7) is -0.173. The molecule has 0 saturated carbocycles. The number of allylic oxidation sites excluding steroid dienone is 1. The Labute approximate surface area is 194 Å². The highest BCUT2D eigenvalue weighted by molar-refractivity contribution is 7.11. The Morgan fingerprint density at radius 2 is 1.79 bits per heavy atom. The Hall–Kier alpha value is -4.28. The van der Waals surface area contributed by atoms with Crippen LogP contribution in [0.2, 0.25) is 0 Å². The molecular formula is C26H18FN3O2S. The van der Waals surface area contributed by atoms with E-state index in [-0.39, 0.29) is 18.3 Å². The van der Waals surface area contributed by atoms with Gasteiger partial charge < -0.3 is 10.1 Å². The highest BCUT2D eigenvalue weighted by Crippen LogP contribution is 2.29. The van der Waals surface area contributed by atoms with Gasteiger partial charge in [-0.05, 0) is 48.5 Å². The third kappa shape index (κ3) is 5.70. The van der Waals surface area contributed by atoms with Gasteiger partial charge in [0.1, 0.15) is 22.6 Å². The average molecular weight is 456 g/mol. The van der Waals surface area contributed by atoms with Gasteiger partial charge in [-0.25, -0.2) is 9.37 Å². The lowest BCUT2D eigenvalue weighted by Crippen LogP contribution is -2.20. The van der Waals surface area contributed by atoms with Gasteiger partial charge in [-0.2, -0.15) is 5.26 Å². The first-order valence-corrected chi connectivity index (χ1v) is 10.9. The van der Waals surface area contributed by atoms with E-state index in [4.69, 9.17) is 4.74 Å². The molecule has 4 rings (SSSR count). The van der Waals surface area contributed by atoms with Crippen LogP contribution in [0.1, 0.15) is 10.6 Å². The topological polar surface area (TPSA) is 75.0 Å². The van der Waals surface area contributed by atoms with Gasteiger partial charge in [0.05, 0.1) is 11.3 Å². The molecule has 4 aromatic rings. The number of para-hydroxylation sites is 2. The summed E-state index contributed by atoms with van der Waals surface area (Å²) in [5.74, 6) is -0.131. The van der Waals surface area contributed by atoms with Crippen LogP contribution in [0.4, 0.5) is 10.1 Å². The van der Waals surface area contributed by atoms with Crippen LogP contribution in [0.15, 0.2) is 84.2 Å². The summed E-state index contributed by atoms with van der Waals surface area (Å²) in [5.41, 5.74) is 3.13. The van der Waals surface area contributed by atoms with Crippen LogP contribution in [-0.4, -0.2) is 17.5 Å². The molecule has 1 amide bonds. The van der Waals surface area contributed by atoms with Gasteiger partial charge in [-0.3, -0.25) is 4.79 Å². The van der Waals surface area contributed by atoms with E-state index in [0.29, 0.717) is 33.3 Å². The predicted octanol–water partition coefficient (Wildman–Crippen LogP) is 6.03. The third-order valence-corrected chi connectivity index (χ3v) is 5.51. The third-order valence-electron chi connectivity index (χ3n) is 4.63. The number of thiazole rings is 1. The number of amides is 1. The number of hydrogen-bond donors (Lipinski definition) is 1. The van der Waals surface area contributed by atoms with E-state index in [1.54, 1.807) is 48.5 Å². The normalized spacial score (nSPS) is 11.0. The molecule has 0 bridgehead atoms. The smallest absolute Gasteiger partial charge is 0.262 e. The van der Waals surface area contributed by atoms with Gasteiger partial charge in [-0.15, -0.1) is 11.3 Å². The van der Waals surface area contributed by atoms with E-state index in [1.165, 1.54) is 23.5 Å². The number of nitriles is 1. The molecule has 0 atom stereocenters. The molecule has 7 heteroatoms. The number of rotatable bonds is 7. The number of nitrogens with one attached hydrogen (secondary N) is 1. The fourth-order valence-corrected chi connectivity index (χ4v) is 3.84. The number of carbonyl (C=O) groups is 1. The summed E-state index contributed by atoms with van der Waals surface area (Å²) in [7, 11) is 0. The lowest BCUT2D eigenvalue weighted by molar-refractivity contribution is -0.118. The largest absolute Gasteiger partial charge is 0.483 e. The Kier molecular flexibility index (Phi) is 6.88. The quantitative estimate of drug-likeness (QED) is 0.345. The van der Waals surface area contributed by atoms with Crippen LogP contribution >= 0.6 is 11.3 Å². The van der Waals surface area contributed by atoms with Crippen molar-refractivity contribution in [1.82, 2.24) is 4.98 Å². The molecular weight excluding hydrogens is 437 g/mol. The number of nitrogens with zero attached hydrogens (tertiary/aromatic N) is 2. The van der Waals surface area contributed by atoms with Crippen LogP contribution in [0.3, 0.4) is 0 Å². The van der Waals surface area contributed by atoms with Crippen LogP contribution < -0.4 is 10.1 Å². The second-order valence-electron chi connectivity index (χ2n) is 6.96. The Morgan fingerprint density at radius 3 is 2.55 bits per heavy atom. The van der Waals surface area contributed by atoms with Gasteiger partial charge >= 0.3 is 0 Å². The van der Waals surface area contributed by atoms with Crippen molar-refractivity contribution in [2.75, 3.05) is 11.9 Å². The maximum atomic E-state index is 13.2. The van der Waals surface area contributed by atoms with Crippen molar-refractivity contribution in [1.29, 1.82) is 5.26 Å². The van der Waals surface area contributed by atoms with Gasteiger partial charge in [-0.1, -0.05) is 36.4 Å². The molecule has 1 N–H and O–H groups in total. The molecule has 1 aromatic heterocycles. The molecule has 0 aliphatic heterocycles. The number of anilines is 1. The minimum atomic E-state index is -0.319. The maximum Gasteiger partial charge on any atom is 0.262 e. The number of halogens is 1. The second kappa shape index (κ2) is 10.4. The summed E-state index contributed by atoms with van der Waals surface area (Å²) in [6, 6.07) is 24.5. The van der Waals surface area contributed by atoms with Crippen molar-refractivity contribution in [3.63, 3.8) is 0 Å². The highest BCUT2D eigenvalue weighted by Gasteiger charge is 2.12. The SMILES string of the molecule is N#C/C(=C\c1ccccc1OCC(=O)Nc1ccccc1)c1nc(-c2ccc(F)cc2)cs1. The summed E-state index contributed by atoms with van der Waals surface area (Å²) in [6.07, 6.45) is 1.68. The second-order valence-corrected chi connectivity index (χ2v) is 7.81. The van der Waals surface area contributed by atoms with Gasteiger partial charge in [0.2, 0.25) is 0 Å². The molecule has 0 saturated heterocycles. The lowest BCUT2D eigenvalue weighted by Gasteiger charge is -2.10. The molecule has 1 heterocycles. The maximum absolute atomic E-state index is 13.2. The molecule has 0 aliphatic carbocycles. The minimum absolute atomic E-state index is 0.173. The van der Waals surface area contributed by atoms with Crippen molar-refractivity contribution in [2.24, 2.45) is 0 Å². The van der Waals surface area contributed by atoms with E-state index < -0.39 is 0 Å². The highest BCUT2D eigenvalue weighted by atomic mass is 32.1. The van der Waals surface area contributed by atoms with Crippen molar-refractivity contribution in [3.8, 4) is 23.1 Å². The van der Waals surface area contributed by atoms with Crippen molar-refractivity contribution < 1.29 is 13.9 Å². The summed E-state index contributed by atoms with van der Waals surface area (Å²) in [5, 5.41) is 14.9. The molecule has 0 radical (unpaired) electrons. The zero-order valence-electron chi connectivity index (χ0n) is 17.4. The number of ether oxygens (including phenoxy) is 1. The zero-order chi connectivity index (χ0) is 23.0. The van der Waals surface area contributed by atoms with Crippen molar-refractivity contribution in [2.45, 2.75) is 0 Å². The first-order chi connectivity index (χ1) is 16.1. The number of carbonyl (C=O) groups excluding carboxylic acids is 1. The van der Waals surface area contributed by atoms with Gasteiger partial charge in [0.25, 0.3) is 5.91 Å². The monoisotopic (exact) mass is 455 g/mol. The first-order valence-electron chi connectivity index (χ1n) is 10.0. The van der Waals surface area contributed by atoms with Crippen LogP contribution in [0.25, 0.3) is 22.9 Å². The number of benzene rings is 3. The predicted molar refractivity (Wildman–Crippen MR) is 128 cm³/mol. The van der Waals surface area contributed by atoms with Crippen molar-refractivity contribution in [3.05, 3.63) is 101 Å². The zero-order valence-corrected chi connectivity index (χ0v) is 18.2. The van der Waals surface area contributed by atoms with Gasteiger partial charge in [0, 0.05) is 22.2 Å². The molecule has 0 aliphatic rings.